The van der Waals surface area contributed by atoms with Gasteiger partial charge in [-0.15, -0.1) is 0 Å². The smallest absolute Gasteiger partial charge is 0.243 e. The number of hydrogen-bond acceptors (Lipinski definition) is 4. The molecule has 1 fully saturated rings. The van der Waals surface area contributed by atoms with Crippen LogP contribution in [0.5, 0.6) is 0 Å². The van der Waals surface area contributed by atoms with Gasteiger partial charge < -0.3 is 10.4 Å². The van der Waals surface area contributed by atoms with E-state index in [9.17, 15) is 13.5 Å². The maximum absolute atomic E-state index is 12.6. The summed E-state index contributed by atoms with van der Waals surface area (Å²) in [5, 5.41) is 13.0. The van der Waals surface area contributed by atoms with Crippen molar-refractivity contribution in [3.05, 3.63) is 29.8 Å². The highest BCUT2D eigenvalue weighted by atomic mass is 32.2. The van der Waals surface area contributed by atoms with Crippen LogP contribution in [-0.4, -0.2) is 43.6 Å². The third kappa shape index (κ3) is 3.03. The number of rotatable bonds is 4. The third-order valence-electron chi connectivity index (χ3n) is 3.85. The molecule has 1 aliphatic heterocycles. The summed E-state index contributed by atoms with van der Waals surface area (Å²) in [4.78, 5) is 0.287. The second-order valence-electron chi connectivity index (χ2n) is 5.67. The van der Waals surface area contributed by atoms with E-state index in [1.54, 1.807) is 25.1 Å². The van der Waals surface area contributed by atoms with Crippen molar-refractivity contribution in [3.8, 4) is 0 Å². The molecule has 0 radical (unpaired) electrons. The van der Waals surface area contributed by atoms with Gasteiger partial charge in [-0.2, -0.15) is 4.31 Å². The molecular formula is C14H22N2O3S. The van der Waals surface area contributed by atoms with Gasteiger partial charge in [-0.05, 0) is 45.0 Å². The Balaban J connectivity index is 2.31. The zero-order valence-corrected chi connectivity index (χ0v) is 12.9. The summed E-state index contributed by atoms with van der Waals surface area (Å²) < 4.78 is 26.5. The van der Waals surface area contributed by atoms with E-state index in [1.807, 2.05) is 20.0 Å². The second kappa shape index (κ2) is 5.44. The van der Waals surface area contributed by atoms with E-state index in [0.717, 1.165) is 5.56 Å². The summed E-state index contributed by atoms with van der Waals surface area (Å²) in [5.74, 6) is 0. The topological polar surface area (TPSA) is 69.6 Å². The van der Waals surface area contributed by atoms with Gasteiger partial charge in [0.05, 0.1) is 10.5 Å². The third-order valence-corrected chi connectivity index (χ3v) is 5.69. The molecule has 1 saturated heterocycles. The zero-order valence-electron chi connectivity index (χ0n) is 12.1. The van der Waals surface area contributed by atoms with Gasteiger partial charge >= 0.3 is 0 Å². The lowest BCUT2D eigenvalue weighted by Gasteiger charge is -2.20. The van der Waals surface area contributed by atoms with Crippen LogP contribution in [0, 0.1) is 0 Å². The average Bonchev–Trinajstić information content (AvgIpc) is 2.79. The van der Waals surface area contributed by atoms with E-state index in [1.165, 1.54) is 4.31 Å². The molecule has 6 heteroatoms. The molecule has 1 aromatic carbocycles. The van der Waals surface area contributed by atoms with Crippen LogP contribution in [0.2, 0.25) is 0 Å². The fraction of sp³-hybridized carbons (Fsp3) is 0.571. The highest BCUT2D eigenvalue weighted by Crippen LogP contribution is 2.27. The summed E-state index contributed by atoms with van der Waals surface area (Å²) in [6.07, 6.45) is 0.471. The molecule has 1 aromatic rings. The first-order valence-electron chi connectivity index (χ1n) is 6.76. The lowest BCUT2D eigenvalue weighted by Crippen LogP contribution is -2.34. The highest BCUT2D eigenvalue weighted by molar-refractivity contribution is 7.89. The van der Waals surface area contributed by atoms with Crippen LogP contribution in [0.25, 0.3) is 0 Å². The van der Waals surface area contributed by atoms with Crippen LogP contribution < -0.4 is 5.32 Å². The maximum Gasteiger partial charge on any atom is 0.243 e. The van der Waals surface area contributed by atoms with E-state index >= 15 is 0 Å². The fourth-order valence-electron chi connectivity index (χ4n) is 2.37. The van der Waals surface area contributed by atoms with Crippen LogP contribution in [0.3, 0.4) is 0 Å². The lowest BCUT2D eigenvalue weighted by molar-refractivity contribution is 0.0762. The Morgan fingerprint density at radius 3 is 2.70 bits per heavy atom. The van der Waals surface area contributed by atoms with Gasteiger partial charge in [0.2, 0.25) is 10.0 Å². The largest absolute Gasteiger partial charge is 0.389 e. The van der Waals surface area contributed by atoms with Crippen LogP contribution in [-0.2, 0) is 10.0 Å². The Kier molecular flexibility index (Phi) is 4.20. The van der Waals surface area contributed by atoms with E-state index < -0.39 is 15.6 Å². The van der Waals surface area contributed by atoms with Crippen molar-refractivity contribution in [1.82, 2.24) is 9.62 Å². The summed E-state index contributed by atoms with van der Waals surface area (Å²) >= 11 is 0. The predicted molar refractivity (Wildman–Crippen MR) is 77.9 cm³/mol. The van der Waals surface area contributed by atoms with Crippen LogP contribution in [0.1, 0.15) is 31.9 Å². The first-order valence-corrected chi connectivity index (χ1v) is 8.20. The van der Waals surface area contributed by atoms with Crippen molar-refractivity contribution in [2.45, 2.75) is 36.8 Å². The number of aliphatic hydroxyl groups is 1. The van der Waals surface area contributed by atoms with Crippen molar-refractivity contribution in [2.75, 3.05) is 20.1 Å². The van der Waals surface area contributed by atoms with Crippen LogP contribution in [0.4, 0.5) is 0 Å². The molecule has 0 bridgehead atoms. The van der Waals surface area contributed by atoms with Crippen molar-refractivity contribution in [3.63, 3.8) is 0 Å². The van der Waals surface area contributed by atoms with Gasteiger partial charge in [0.15, 0.2) is 0 Å². The molecule has 0 spiro atoms. The molecule has 2 unspecified atom stereocenters. The van der Waals surface area contributed by atoms with Gasteiger partial charge in [0, 0.05) is 19.1 Å². The summed E-state index contributed by atoms with van der Waals surface area (Å²) in [7, 11) is -1.69. The Morgan fingerprint density at radius 2 is 2.15 bits per heavy atom. The SMILES string of the molecule is CNC(C)c1cccc(S(=O)(=O)N2CCC(C)(O)C2)c1. The minimum atomic E-state index is -3.53. The molecule has 112 valence electrons. The molecule has 0 saturated carbocycles. The molecule has 0 aromatic heterocycles. The first-order chi connectivity index (χ1) is 9.26. The summed E-state index contributed by atoms with van der Waals surface area (Å²) in [6.45, 7) is 4.16. The van der Waals surface area contributed by atoms with Gasteiger partial charge in [0.25, 0.3) is 0 Å². The number of hydrogen-bond donors (Lipinski definition) is 2. The number of benzene rings is 1. The van der Waals surface area contributed by atoms with Gasteiger partial charge in [0.1, 0.15) is 0 Å². The Morgan fingerprint density at radius 1 is 1.45 bits per heavy atom. The van der Waals surface area contributed by atoms with Crippen LogP contribution >= 0.6 is 0 Å². The molecule has 5 nitrogen and oxygen atoms in total. The molecule has 1 heterocycles. The van der Waals surface area contributed by atoms with Crippen molar-refractivity contribution < 1.29 is 13.5 Å². The van der Waals surface area contributed by atoms with E-state index in [4.69, 9.17) is 0 Å². The van der Waals surface area contributed by atoms with Crippen molar-refractivity contribution in [2.24, 2.45) is 0 Å². The maximum atomic E-state index is 12.6. The molecule has 2 atom stereocenters. The van der Waals surface area contributed by atoms with Crippen molar-refractivity contribution >= 4 is 10.0 Å². The monoisotopic (exact) mass is 298 g/mol. The Hall–Kier alpha value is -0.950. The number of nitrogens with zero attached hydrogens (tertiary/aromatic N) is 1. The molecule has 20 heavy (non-hydrogen) atoms. The average molecular weight is 298 g/mol. The Labute approximate surface area is 120 Å². The number of β-amino-alcohol motifs (C(OH)–C–C–N with tert-alkyl or cyclic N) is 1. The van der Waals surface area contributed by atoms with Gasteiger partial charge in [-0.3, -0.25) is 0 Å². The number of nitrogens with one attached hydrogen (secondary N) is 1. The highest BCUT2D eigenvalue weighted by Gasteiger charge is 2.38. The minimum absolute atomic E-state index is 0.0897. The predicted octanol–water partition coefficient (Wildman–Crippen LogP) is 1.11. The van der Waals surface area contributed by atoms with E-state index in [0.29, 0.717) is 13.0 Å². The number of sulfonamides is 1. The second-order valence-corrected chi connectivity index (χ2v) is 7.61. The molecular weight excluding hydrogens is 276 g/mol. The quantitative estimate of drug-likeness (QED) is 0.874. The van der Waals surface area contributed by atoms with E-state index in [-0.39, 0.29) is 17.5 Å². The van der Waals surface area contributed by atoms with E-state index in [2.05, 4.69) is 5.32 Å². The van der Waals surface area contributed by atoms with Gasteiger partial charge in [-0.1, -0.05) is 12.1 Å². The molecule has 1 aliphatic rings. The molecule has 2 N–H and O–H groups in total. The molecule has 0 aliphatic carbocycles. The van der Waals surface area contributed by atoms with Crippen molar-refractivity contribution in [1.29, 1.82) is 0 Å². The standard InChI is InChI=1S/C14H22N2O3S/c1-11(15-3)12-5-4-6-13(9-12)20(18,19)16-8-7-14(2,17)10-16/h4-6,9,11,15,17H,7-8,10H2,1-3H3. The zero-order chi connectivity index (χ0) is 15.0. The molecule has 2 rings (SSSR count). The fourth-order valence-corrected chi connectivity index (χ4v) is 3.98. The summed E-state index contributed by atoms with van der Waals surface area (Å²) in [6, 6.07) is 7.05. The summed E-state index contributed by atoms with van der Waals surface area (Å²) in [5.41, 5.74) is 0.00249. The lowest BCUT2D eigenvalue weighted by atomic mass is 10.1. The van der Waals surface area contributed by atoms with Gasteiger partial charge in [-0.25, -0.2) is 8.42 Å². The minimum Gasteiger partial charge on any atom is -0.389 e. The first kappa shape index (κ1) is 15.4. The molecule has 0 amide bonds. The Bertz CT molecular complexity index is 584. The normalized spacial score (nSPS) is 25.8. The van der Waals surface area contributed by atoms with Crippen LogP contribution in [0.15, 0.2) is 29.2 Å².